The molecule has 6 heteroatoms. The number of benzene rings is 2. The van der Waals surface area contributed by atoms with Crippen molar-refractivity contribution in [1.82, 2.24) is 5.32 Å². The van der Waals surface area contributed by atoms with Crippen LogP contribution in [0.2, 0.25) is 0 Å². The fraction of sp³-hybridized carbons (Fsp3) is 0.333. The number of carbonyl (C=O) groups excluding carboxylic acids is 2. The predicted octanol–water partition coefficient (Wildman–Crippen LogP) is 3.17. The number of rotatable bonds is 5. The van der Waals surface area contributed by atoms with E-state index < -0.39 is 5.60 Å². The molecule has 0 aromatic heterocycles. The van der Waals surface area contributed by atoms with Crippen molar-refractivity contribution in [2.24, 2.45) is 0 Å². The van der Waals surface area contributed by atoms with Crippen LogP contribution in [0.1, 0.15) is 36.7 Å². The fourth-order valence-electron chi connectivity index (χ4n) is 3.01. The summed E-state index contributed by atoms with van der Waals surface area (Å²) in [6.45, 7) is 5.34. The maximum absolute atomic E-state index is 12.6. The number of amides is 2. The van der Waals surface area contributed by atoms with Crippen molar-refractivity contribution in [3.05, 3.63) is 53.6 Å². The summed E-state index contributed by atoms with van der Waals surface area (Å²) < 4.78 is 11.1. The van der Waals surface area contributed by atoms with Crippen molar-refractivity contribution >= 4 is 17.5 Å². The largest absolute Gasteiger partial charge is 0.496 e. The fourth-order valence-corrected chi connectivity index (χ4v) is 3.01. The summed E-state index contributed by atoms with van der Waals surface area (Å²) in [5.41, 5.74) is 1.06. The van der Waals surface area contributed by atoms with E-state index in [-0.39, 0.29) is 17.9 Å². The Hall–Kier alpha value is -3.02. The first-order chi connectivity index (χ1) is 12.8. The molecule has 2 aromatic carbocycles. The van der Waals surface area contributed by atoms with Gasteiger partial charge in [0.25, 0.3) is 11.8 Å². The van der Waals surface area contributed by atoms with Crippen LogP contribution in [0, 0.1) is 0 Å². The molecule has 0 radical (unpaired) electrons. The Kier molecular flexibility index (Phi) is 5.08. The summed E-state index contributed by atoms with van der Waals surface area (Å²) in [6, 6.07) is 12.7. The number of fused-ring (bicyclic) bond motifs is 1. The maximum atomic E-state index is 12.6. The van der Waals surface area contributed by atoms with E-state index in [9.17, 15) is 9.59 Å². The molecule has 27 heavy (non-hydrogen) atoms. The zero-order chi connectivity index (χ0) is 19.6. The summed E-state index contributed by atoms with van der Waals surface area (Å²) in [6.07, 6.45) is 0.648. The maximum Gasteiger partial charge on any atom is 0.268 e. The third-order valence-electron chi connectivity index (χ3n) is 4.50. The van der Waals surface area contributed by atoms with Crippen LogP contribution >= 0.6 is 0 Å². The minimum Gasteiger partial charge on any atom is -0.496 e. The molecule has 1 aliphatic rings. The van der Waals surface area contributed by atoms with Crippen LogP contribution in [0.3, 0.4) is 0 Å². The highest BCUT2D eigenvalue weighted by molar-refractivity contribution is 6.02. The molecule has 1 atom stereocenters. The lowest BCUT2D eigenvalue weighted by Gasteiger charge is -2.31. The highest BCUT2D eigenvalue weighted by Crippen LogP contribution is 2.34. The molecule has 1 heterocycles. The molecule has 0 saturated carbocycles. The number of nitrogens with one attached hydrogen (secondary N) is 2. The summed E-state index contributed by atoms with van der Waals surface area (Å²) in [4.78, 5) is 24.7. The standard InChI is InChI=1S/C21H24N2O4/c1-13(11-14-7-5-6-8-17(14)26-4)22-19(24)15-9-10-18-16(12-15)23-20(25)21(2,3)27-18/h5-10,12-13H,11H2,1-4H3,(H,22,24)(H,23,25)/t13-/m1/s1. The molecule has 6 nitrogen and oxygen atoms in total. The molecule has 2 aromatic rings. The Morgan fingerprint density at radius 3 is 2.74 bits per heavy atom. The van der Waals surface area contributed by atoms with E-state index in [0.29, 0.717) is 23.4 Å². The van der Waals surface area contributed by atoms with Crippen molar-refractivity contribution in [2.75, 3.05) is 12.4 Å². The van der Waals surface area contributed by atoms with Gasteiger partial charge in [0.05, 0.1) is 12.8 Å². The molecule has 0 spiro atoms. The van der Waals surface area contributed by atoms with Crippen LogP contribution in [0.25, 0.3) is 0 Å². The van der Waals surface area contributed by atoms with Gasteiger partial charge in [-0.05, 0) is 57.0 Å². The van der Waals surface area contributed by atoms with Crippen LogP contribution in [0.5, 0.6) is 11.5 Å². The Labute approximate surface area is 158 Å². The van der Waals surface area contributed by atoms with E-state index in [1.165, 1.54) is 0 Å². The van der Waals surface area contributed by atoms with Gasteiger partial charge in [0, 0.05) is 11.6 Å². The lowest BCUT2D eigenvalue weighted by molar-refractivity contribution is -0.129. The Morgan fingerprint density at radius 2 is 2.00 bits per heavy atom. The van der Waals surface area contributed by atoms with Crippen LogP contribution in [-0.4, -0.2) is 30.6 Å². The van der Waals surface area contributed by atoms with Gasteiger partial charge in [0.1, 0.15) is 11.5 Å². The second kappa shape index (κ2) is 7.31. The molecule has 3 rings (SSSR count). The SMILES string of the molecule is COc1ccccc1C[C@@H](C)NC(=O)c1ccc2c(c1)NC(=O)C(C)(C)O2. The summed E-state index contributed by atoms with van der Waals surface area (Å²) >= 11 is 0. The second-order valence-electron chi connectivity index (χ2n) is 7.17. The van der Waals surface area contributed by atoms with E-state index in [1.54, 1.807) is 39.2 Å². The molecule has 0 aliphatic carbocycles. The monoisotopic (exact) mass is 368 g/mol. The predicted molar refractivity (Wildman–Crippen MR) is 103 cm³/mol. The van der Waals surface area contributed by atoms with Gasteiger partial charge in [0.2, 0.25) is 0 Å². The van der Waals surface area contributed by atoms with Gasteiger partial charge < -0.3 is 20.1 Å². The average molecular weight is 368 g/mol. The summed E-state index contributed by atoms with van der Waals surface area (Å²) in [5.74, 6) is 0.907. The highest BCUT2D eigenvalue weighted by Gasteiger charge is 2.35. The van der Waals surface area contributed by atoms with Crippen molar-refractivity contribution in [3.8, 4) is 11.5 Å². The van der Waals surface area contributed by atoms with Gasteiger partial charge >= 0.3 is 0 Å². The van der Waals surface area contributed by atoms with Gasteiger partial charge in [-0.25, -0.2) is 0 Å². The molecule has 2 amide bonds. The molecule has 2 N–H and O–H groups in total. The molecular formula is C21H24N2O4. The van der Waals surface area contributed by atoms with Gasteiger partial charge in [-0.15, -0.1) is 0 Å². The number of hydrogen-bond donors (Lipinski definition) is 2. The van der Waals surface area contributed by atoms with Crippen LogP contribution in [-0.2, 0) is 11.2 Å². The van der Waals surface area contributed by atoms with Gasteiger partial charge in [-0.3, -0.25) is 9.59 Å². The van der Waals surface area contributed by atoms with E-state index in [0.717, 1.165) is 11.3 Å². The quantitative estimate of drug-likeness (QED) is 0.850. The minimum absolute atomic E-state index is 0.0883. The van der Waals surface area contributed by atoms with Crippen molar-refractivity contribution in [1.29, 1.82) is 0 Å². The molecule has 142 valence electrons. The lowest BCUT2D eigenvalue weighted by Crippen LogP contribution is -2.45. The Balaban J connectivity index is 1.70. The Bertz CT molecular complexity index is 876. The average Bonchev–Trinajstić information content (AvgIpc) is 2.62. The first kappa shape index (κ1) is 18.8. The number of ether oxygens (including phenoxy) is 2. The Morgan fingerprint density at radius 1 is 1.26 bits per heavy atom. The summed E-state index contributed by atoms with van der Waals surface area (Å²) in [7, 11) is 1.63. The minimum atomic E-state index is -0.931. The smallest absolute Gasteiger partial charge is 0.268 e. The normalized spacial score (nSPS) is 15.8. The zero-order valence-electron chi connectivity index (χ0n) is 16.0. The molecule has 0 unspecified atom stereocenters. The first-order valence-electron chi connectivity index (χ1n) is 8.87. The van der Waals surface area contributed by atoms with E-state index in [4.69, 9.17) is 9.47 Å². The van der Waals surface area contributed by atoms with E-state index in [1.807, 2.05) is 31.2 Å². The molecule has 1 aliphatic heterocycles. The third kappa shape index (κ3) is 4.05. The number of hydrogen-bond acceptors (Lipinski definition) is 4. The molecule has 0 fully saturated rings. The van der Waals surface area contributed by atoms with Crippen molar-refractivity contribution in [2.45, 2.75) is 38.8 Å². The molecular weight excluding hydrogens is 344 g/mol. The summed E-state index contributed by atoms with van der Waals surface area (Å²) in [5, 5.41) is 5.78. The zero-order valence-corrected chi connectivity index (χ0v) is 16.0. The number of carbonyl (C=O) groups is 2. The van der Waals surface area contributed by atoms with Crippen LogP contribution < -0.4 is 20.1 Å². The van der Waals surface area contributed by atoms with Crippen molar-refractivity contribution < 1.29 is 19.1 Å². The second-order valence-corrected chi connectivity index (χ2v) is 7.17. The molecule has 0 bridgehead atoms. The van der Waals surface area contributed by atoms with Crippen LogP contribution in [0.15, 0.2) is 42.5 Å². The first-order valence-corrected chi connectivity index (χ1v) is 8.87. The van der Waals surface area contributed by atoms with Crippen LogP contribution in [0.4, 0.5) is 5.69 Å². The van der Waals surface area contributed by atoms with Gasteiger partial charge in [-0.1, -0.05) is 18.2 Å². The van der Waals surface area contributed by atoms with Gasteiger partial charge in [0.15, 0.2) is 5.60 Å². The number of para-hydroxylation sites is 1. The number of methoxy groups -OCH3 is 1. The number of anilines is 1. The van der Waals surface area contributed by atoms with E-state index >= 15 is 0 Å². The molecule has 0 saturated heterocycles. The lowest BCUT2D eigenvalue weighted by atomic mass is 10.0. The van der Waals surface area contributed by atoms with Gasteiger partial charge in [-0.2, -0.15) is 0 Å². The third-order valence-corrected chi connectivity index (χ3v) is 4.50. The highest BCUT2D eigenvalue weighted by atomic mass is 16.5. The van der Waals surface area contributed by atoms with Crippen molar-refractivity contribution in [3.63, 3.8) is 0 Å². The van der Waals surface area contributed by atoms with E-state index in [2.05, 4.69) is 10.6 Å². The topological polar surface area (TPSA) is 76.7 Å².